The van der Waals surface area contributed by atoms with Crippen molar-refractivity contribution in [1.29, 1.82) is 0 Å². The third-order valence-electron chi connectivity index (χ3n) is 3.87. The van der Waals surface area contributed by atoms with Gasteiger partial charge < -0.3 is 10.6 Å². The van der Waals surface area contributed by atoms with Crippen LogP contribution in [-0.2, 0) is 0 Å². The van der Waals surface area contributed by atoms with Crippen LogP contribution in [0.1, 0.15) is 23.7 Å². The zero-order valence-electron chi connectivity index (χ0n) is 10.9. The molecule has 1 aliphatic heterocycles. The van der Waals surface area contributed by atoms with Crippen molar-refractivity contribution >= 4 is 29.1 Å². The largest absolute Gasteiger partial charge is 0.338 e. The van der Waals surface area contributed by atoms with Crippen LogP contribution in [0.4, 0.5) is 0 Å². The van der Waals surface area contributed by atoms with Crippen molar-refractivity contribution in [3.05, 3.63) is 33.8 Å². The summed E-state index contributed by atoms with van der Waals surface area (Å²) in [6.07, 6.45) is 0.995. The minimum atomic E-state index is 0.00363. The zero-order chi connectivity index (χ0) is 14.0. The van der Waals surface area contributed by atoms with E-state index in [1.54, 1.807) is 18.2 Å². The molecule has 5 heteroatoms. The topological polar surface area (TPSA) is 46.3 Å². The second-order valence-corrected chi connectivity index (χ2v) is 5.96. The van der Waals surface area contributed by atoms with Gasteiger partial charge in [-0.3, -0.25) is 4.79 Å². The van der Waals surface area contributed by atoms with Crippen LogP contribution in [-0.4, -0.2) is 30.4 Å². The molecule has 2 unspecified atom stereocenters. The predicted molar refractivity (Wildman–Crippen MR) is 78.7 cm³/mol. The van der Waals surface area contributed by atoms with Gasteiger partial charge in [0.05, 0.1) is 10.0 Å². The summed E-state index contributed by atoms with van der Waals surface area (Å²) in [6.45, 7) is 4.30. The van der Waals surface area contributed by atoms with Crippen molar-refractivity contribution in [2.24, 2.45) is 17.6 Å². The maximum absolute atomic E-state index is 12.4. The second kappa shape index (κ2) is 6.12. The Bertz CT molecular complexity index is 479. The quantitative estimate of drug-likeness (QED) is 0.912. The second-order valence-electron chi connectivity index (χ2n) is 5.14. The number of nitrogens with two attached hydrogens (primary N) is 1. The van der Waals surface area contributed by atoms with Gasteiger partial charge in [0.15, 0.2) is 0 Å². The van der Waals surface area contributed by atoms with Crippen molar-refractivity contribution in [2.75, 3.05) is 19.6 Å². The number of halogens is 2. The van der Waals surface area contributed by atoms with Crippen LogP contribution in [0.15, 0.2) is 18.2 Å². The van der Waals surface area contributed by atoms with Crippen LogP contribution in [0, 0.1) is 11.8 Å². The van der Waals surface area contributed by atoms with E-state index in [1.807, 2.05) is 4.90 Å². The summed E-state index contributed by atoms with van der Waals surface area (Å²) < 4.78 is 0. The fourth-order valence-electron chi connectivity index (χ4n) is 2.45. The van der Waals surface area contributed by atoms with E-state index in [2.05, 4.69) is 6.92 Å². The minimum absolute atomic E-state index is 0.00363. The van der Waals surface area contributed by atoms with Gasteiger partial charge in [0, 0.05) is 18.7 Å². The lowest BCUT2D eigenvalue weighted by atomic mass is 9.87. The normalized spacial score (nSPS) is 23.5. The summed E-state index contributed by atoms with van der Waals surface area (Å²) >= 11 is 11.8. The lowest BCUT2D eigenvalue weighted by Gasteiger charge is -2.36. The van der Waals surface area contributed by atoms with Crippen LogP contribution >= 0.6 is 23.2 Å². The molecule has 1 heterocycles. The highest BCUT2D eigenvalue weighted by molar-refractivity contribution is 6.42. The highest BCUT2D eigenvalue weighted by atomic mass is 35.5. The molecule has 104 valence electrons. The average Bonchev–Trinajstić information content (AvgIpc) is 2.41. The molecule has 0 bridgehead atoms. The molecule has 0 spiro atoms. The number of benzene rings is 1. The van der Waals surface area contributed by atoms with E-state index in [0.717, 1.165) is 19.5 Å². The Hall–Kier alpha value is -0.770. The van der Waals surface area contributed by atoms with Gasteiger partial charge in [-0.2, -0.15) is 0 Å². The third-order valence-corrected chi connectivity index (χ3v) is 4.61. The SMILES string of the molecule is CC1CCN(C(=O)c2ccc(Cl)c(Cl)c2)CC1CN. The van der Waals surface area contributed by atoms with E-state index < -0.39 is 0 Å². The Morgan fingerprint density at radius 1 is 1.42 bits per heavy atom. The summed E-state index contributed by atoms with van der Waals surface area (Å²) in [5.74, 6) is 0.951. The fraction of sp³-hybridized carbons (Fsp3) is 0.500. The Labute approximate surface area is 123 Å². The first kappa shape index (κ1) is 14.6. The van der Waals surface area contributed by atoms with Gasteiger partial charge in [0.1, 0.15) is 0 Å². The maximum atomic E-state index is 12.4. The summed E-state index contributed by atoms with van der Waals surface area (Å²) in [7, 11) is 0. The zero-order valence-corrected chi connectivity index (χ0v) is 12.4. The van der Waals surface area contributed by atoms with Gasteiger partial charge >= 0.3 is 0 Å². The maximum Gasteiger partial charge on any atom is 0.253 e. The lowest BCUT2D eigenvalue weighted by molar-refractivity contribution is 0.0618. The number of amides is 1. The molecule has 2 rings (SSSR count). The van der Waals surface area contributed by atoms with Crippen LogP contribution in [0.25, 0.3) is 0 Å². The molecule has 1 aromatic rings. The van der Waals surface area contributed by atoms with E-state index in [9.17, 15) is 4.79 Å². The predicted octanol–water partition coefficient (Wildman–Crippen LogP) is 3.05. The molecule has 0 aliphatic carbocycles. The summed E-state index contributed by atoms with van der Waals surface area (Å²) in [4.78, 5) is 14.3. The van der Waals surface area contributed by atoms with Gasteiger partial charge in [-0.25, -0.2) is 0 Å². The molecule has 1 saturated heterocycles. The molecule has 2 atom stereocenters. The Balaban J connectivity index is 2.13. The van der Waals surface area contributed by atoms with E-state index in [1.165, 1.54) is 0 Å². The molecule has 1 amide bonds. The van der Waals surface area contributed by atoms with E-state index in [4.69, 9.17) is 28.9 Å². The van der Waals surface area contributed by atoms with Crippen LogP contribution in [0.2, 0.25) is 10.0 Å². The number of rotatable bonds is 2. The molecule has 1 aliphatic rings. The smallest absolute Gasteiger partial charge is 0.253 e. The molecule has 0 saturated carbocycles. The number of piperidine rings is 1. The molecular weight excluding hydrogens is 283 g/mol. The molecular formula is C14H18Cl2N2O. The molecule has 0 radical (unpaired) electrons. The molecule has 1 aromatic carbocycles. The van der Waals surface area contributed by atoms with Crippen LogP contribution in [0.5, 0.6) is 0 Å². The molecule has 19 heavy (non-hydrogen) atoms. The van der Waals surface area contributed by atoms with Gasteiger partial charge in [0.2, 0.25) is 0 Å². The van der Waals surface area contributed by atoms with Crippen LogP contribution < -0.4 is 5.73 Å². The van der Waals surface area contributed by atoms with Gasteiger partial charge in [-0.1, -0.05) is 30.1 Å². The van der Waals surface area contributed by atoms with E-state index in [-0.39, 0.29) is 5.91 Å². The van der Waals surface area contributed by atoms with Gasteiger partial charge in [0.25, 0.3) is 5.91 Å². The standard InChI is InChI=1S/C14H18Cl2N2O/c1-9-4-5-18(8-11(9)7-17)14(19)10-2-3-12(15)13(16)6-10/h2-3,6,9,11H,4-5,7-8,17H2,1H3. The Morgan fingerprint density at radius 3 is 2.79 bits per heavy atom. The first-order chi connectivity index (χ1) is 9.02. The summed E-state index contributed by atoms with van der Waals surface area (Å²) in [5.41, 5.74) is 6.35. The van der Waals surface area contributed by atoms with Crippen molar-refractivity contribution < 1.29 is 4.79 Å². The van der Waals surface area contributed by atoms with Gasteiger partial charge in [-0.15, -0.1) is 0 Å². The number of carbonyl (C=O) groups is 1. The molecule has 3 nitrogen and oxygen atoms in total. The molecule has 2 N–H and O–H groups in total. The van der Waals surface area contributed by atoms with Gasteiger partial charge in [-0.05, 0) is 43.0 Å². The average molecular weight is 301 g/mol. The Kier molecular flexibility index (Phi) is 4.71. The monoisotopic (exact) mass is 300 g/mol. The minimum Gasteiger partial charge on any atom is -0.338 e. The summed E-state index contributed by atoms with van der Waals surface area (Å²) in [6, 6.07) is 5.00. The number of hydrogen-bond acceptors (Lipinski definition) is 2. The third kappa shape index (κ3) is 3.22. The molecule has 1 fully saturated rings. The summed E-state index contributed by atoms with van der Waals surface area (Å²) in [5, 5.41) is 0.874. The van der Waals surface area contributed by atoms with Crippen LogP contribution in [0.3, 0.4) is 0 Å². The van der Waals surface area contributed by atoms with Crippen molar-refractivity contribution in [2.45, 2.75) is 13.3 Å². The van der Waals surface area contributed by atoms with Crippen molar-refractivity contribution in [1.82, 2.24) is 4.90 Å². The Morgan fingerprint density at radius 2 is 2.16 bits per heavy atom. The number of carbonyl (C=O) groups excluding carboxylic acids is 1. The van der Waals surface area contributed by atoms with Crippen molar-refractivity contribution in [3.8, 4) is 0 Å². The first-order valence-corrected chi connectivity index (χ1v) is 7.23. The number of nitrogens with zero attached hydrogens (tertiary/aromatic N) is 1. The first-order valence-electron chi connectivity index (χ1n) is 6.47. The molecule has 0 aromatic heterocycles. The lowest BCUT2D eigenvalue weighted by Crippen LogP contribution is -2.45. The fourth-order valence-corrected chi connectivity index (χ4v) is 2.75. The van der Waals surface area contributed by atoms with E-state index in [0.29, 0.717) is 34.0 Å². The number of hydrogen-bond donors (Lipinski definition) is 1. The highest BCUT2D eigenvalue weighted by Crippen LogP contribution is 2.26. The number of likely N-dealkylation sites (tertiary alicyclic amines) is 1. The van der Waals surface area contributed by atoms with Crippen molar-refractivity contribution in [3.63, 3.8) is 0 Å². The van der Waals surface area contributed by atoms with E-state index >= 15 is 0 Å². The highest BCUT2D eigenvalue weighted by Gasteiger charge is 2.28.